The van der Waals surface area contributed by atoms with Gasteiger partial charge in [-0.25, -0.2) is 0 Å². The quantitative estimate of drug-likeness (QED) is 0.123. The Morgan fingerprint density at radius 3 is 1.12 bits per heavy atom. The van der Waals surface area contributed by atoms with E-state index in [4.69, 9.17) is 0 Å². The third-order valence-electron chi connectivity index (χ3n) is 11.3. The normalized spacial score (nSPS) is 11.6. The molecule has 0 radical (unpaired) electrons. The molecule has 1 atom stereocenters. The molecule has 0 spiro atoms. The predicted octanol–water partition coefficient (Wildman–Crippen LogP) is 16.4. The van der Waals surface area contributed by atoms with Gasteiger partial charge in [-0.05, 0) is 138 Å². The summed E-state index contributed by atoms with van der Waals surface area (Å²) in [5.41, 5.74) is 13.8. The highest BCUT2D eigenvalue weighted by Gasteiger charge is 2.18. The van der Waals surface area contributed by atoms with Gasteiger partial charge in [-0.1, -0.05) is 141 Å². The lowest BCUT2D eigenvalue weighted by atomic mass is 9.98. The van der Waals surface area contributed by atoms with Crippen LogP contribution in [0.5, 0.6) is 0 Å². The lowest BCUT2D eigenvalue weighted by Gasteiger charge is -2.28. The second kappa shape index (κ2) is 17.0. The fourth-order valence-electron chi connectivity index (χ4n) is 8.00. The van der Waals surface area contributed by atoms with Crippen LogP contribution in [0.1, 0.15) is 31.7 Å². The summed E-state index contributed by atoms with van der Waals surface area (Å²) in [5.74, 6) is 0.532. The van der Waals surface area contributed by atoms with Gasteiger partial charge in [0, 0.05) is 50.9 Å². The van der Waals surface area contributed by atoms with E-state index in [1.807, 2.05) is 0 Å². The first-order valence-electron chi connectivity index (χ1n) is 20.6. The minimum atomic E-state index is 0.532. The molecule has 0 aliphatic carbocycles. The summed E-state index contributed by atoms with van der Waals surface area (Å²) in [5, 5.41) is 2.44. The highest BCUT2D eigenvalue weighted by atomic mass is 15.2. The van der Waals surface area contributed by atoms with Crippen molar-refractivity contribution in [3.05, 3.63) is 236 Å². The van der Waals surface area contributed by atoms with Crippen molar-refractivity contribution < 1.29 is 0 Å². The maximum atomic E-state index is 2.35. The maximum absolute atomic E-state index is 2.35. The molecule has 0 aliphatic rings. The van der Waals surface area contributed by atoms with Crippen LogP contribution >= 0.6 is 0 Å². The van der Waals surface area contributed by atoms with Gasteiger partial charge in [-0.15, -0.1) is 0 Å². The number of hydrogen-bond acceptors (Lipinski definition) is 3. The molecule has 0 bridgehead atoms. The van der Waals surface area contributed by atoms with Gasteiger partial charge in [0.2, 0.25) is 0 Å². The fourth-order valence-corrected chi connectivity index (χ4v) is 8.00. The molecule has 0 aromatic heterocycles. The number of hydrogen-bond donors (Lipinski definition) is 0. The molecule has 0 saturated heterocycles. The van der Waals surface area contributed by atoms with E-state index >= 15 is 0 Å². The first-order valence-corrected chi connectivity index (χ1v) is 20.6. The highest BCUT2D eigenvalue weighted by Crippen LogP contribution is 2.42. The third-order valence-corrected chi connectivity index (χ3v) is 11.3. The van der Waals surface area contributed by atoms with Crippen molar-refractivity contribution in [3.63, 3.8) is 0 Å². The SMILES string of the molecule is CCC(C)c1ccc(N(c2ccccc2)c2ccc(N(c3ccccc3)c3ccc(-c4ccc(N(c5ccccc5)c5cccc6ccccc56)cc4)cc3)cc2)cc1. The second-order valence-corrected chi connectivity index (χ2v) is 15.0. The average molecular weight is 762 g/mol. The summed E-state index contributed by atoms with van der Waals surface area (Å²) >= 11 is 0. The zero-order valence-electron chi connectivity index (χ0n) is 33.6. The van der Waals surface area contributed by atoms with E-state index in [-0.39, 0.29) is 0 Å². The van der Waals surface area contributed by atoms with Crippen molar-refractivity contribution >= 4 is 62.0 Å². The molecule has 0 fully saturated rings. The van der Waals surface area contributed by atoms with Crippen molar-refractivity contribution in [2.45, 2.75) is 26.2 Å². The largest absolute Gasteiger partial charge is 0.311 e. The standard InChI is InChI=1S/C56H47N3/c1-3-42(2)43-26-32-50(33-27-43)57(47-18-7-4-8-19-47)52-38-40-53(41-39-52)58(48-20-9-5-10-21-48)51-34-28-44(29-35-51)45-30-36-54(37-31-45)59(49-22-11-6-12-23-49)56-25-15-17-46-16-13-14-24-55(46)56/h4-42H,3H2,1-2H3. The van der Waals surface area contributed by atoms with Crippen LogP contribution in [0, 0.1) is 0 Å². The summed E-state index contributed by atoms with van der Waals surface area (Å²) in [6.45, 7) is 4.54. The molecule has 0 N–H and O–H groups in total. The van der Waals surface area contributed by atoms with Crippen molar-refractivity contribution in [3.8, 4) is 11.1 Å². The lowest BCUT2D eigenvalue weighted by Crippen LogP contribution is -2.12. The average Bonchev–Trinajstić information content (AvgIpc) is 3.31. The molecule has 9 rings (SSSR count). The van der Waals surface area contributed by atoms with E-state index in [0.29, 0.717) is 5.92 Å². The maximum Gasteiger partial charge on any atom is 0.0540 e. The Hall–Kier alpha value is -7.36. The van der Waals surface area contributed by atoms with Gasteiger partial charge in [-0.3, -0.25) is 0 Å². The molecule has 9 aromatic carbocycles. The topological polar surface area (TPSA) is 9.72 Å². The Balaban J connectivity index is 1.02. The fraction of sp³-hybridized carbons (Fsp3) is 0.0714. The first-order chi connectivity index (χ1) is 29.1. The van der Waals surface area contributed by atoms with E-state index in [1.54, 1.807) is 0 Å². The Morgan fingerprint density at radius 1 is 0.322 bits per heavy atom. The van der Waals surface area contributed by atoms with Crippen LogP contribution in [0.4, 0.5) is 51.2 Å². The minimum absolute atomic E-state index is 0.532. The molecule has 0 heterocycles. The van der Waals surface area contributed by atoms with E-state index in [0.717, 1.165) is 63.2 Å². The number of anilines is 9. The summed E-state index contributed by atoms with van der Waals surface area (Å²) < 4.78 is 0. The van der Waals surface area contributed by atoms with Gasteiger partial charge in [0.25, 0.3) is 0 Å². The molecule has 286 valence electrons. The molecule has 3 nitrogen and oxygen atoms in total. The van der Waals surface area contributed by atoms with Gasteiger partial charge in [0.15, 0.2) is 0 Å². The smallest absolute Gasteiger partial charge is 0.0540 e. The molecular weight excluding hydrogens is 715 g/mol. The number of para-hydroxylation sites is 3. The molecule has 1 unspecified atom stereocenters. The van der Waals surface area contributed by atoms with Gasteiger partial charge in [-0.2, -0.15) is 0 Å². The third kappa shape index (κ3) is 7.84. The van der Waals surface area contributed by atoms with Crippen LogP contribution in [0.15, 0.2) is 231 Å². The van der Waals surface area contributed by atoms with E-state index < -0.39 is 0 Å². The molecule has 0 saturated carbocycles. The Morgan fingerprint density at radius 2 is 0.661 bits per heavy atom. The molecule has 9 aromatic rings. The van der Waals surface area contributed by atoms with Crippen LogP contribution in [0.3, 0.4) is 0 Å². The van der Waals surface area contributed by atoms with Crippen LogP contribution in [-0.2, 0) is 0 Å². The molecule has 0 amide bonds. The van der Waals surface area contributed by atoms with Crippen LogP contribution < -0.4 is 14.7 Å². The molecular formula is C56H47N3. The Kier molecular flexibility index (Phi) is 10.7. The summed E-state index contributed by atoms with van der Waals surface area (Å²) in [4.78, 5) is 7.01. The van der Waals surface area contributed by atoms with E-state index in [9.17, 15) is 0 Å². The molecule has 59 heavy (non-hydrogen) atoms. The van der Waals surface area contributed by atoms with Gasteiger partial charge < -0.3 is 14.7 Å². The highest BCUT2D eigenvalue weighted by molar-refractivity contribution is 5.99. The summed E-state index contributed by atoms with van der Waals surface area (Å²) in [6.07, 6.45) is 1.12. The summed E-state index contributed by atoms with van der Waals surface area (Å²) in [6, 6.07) is 82.8. The zero-order chi connectivity index (χ0) is 40.0. The van der Waals surface area contributed by atoms with E-state index in [2.05, 4.69) is 259 Å². The van der Waals surface area contributed by atoms with Crippen LogP contribution in [-0.4, -0.2) is 0 Å². The van der Waals surface area contributed by atoms with Crippen LogP contribution in [0.2, 0.25) is 0 Å². The first kappa shape index (κ1) is 37.2. The van der Waals surface area contributed by atoms with Gasteiger partial charge in [0.05, 0.1) is 5.69 Å². The van der Waals surface area contributed by atoms with Gasteiger partial charge >= 0.3 is 0 Å². The van der Waals surface area contributed by atoms with Crippen molar-refractivity contribution in [1.82, 2.24) is 0 Å². The van der Waals surface area contributed by atoms with Crippen molar-refractivity contribution in [2.75, 3.05) is 14.7 Å². The molecule has 0 aliphatic heterocycles. The monoisotopic (exact) mass is 761 g/mol. The van der Waals surface area contributed by atoms with E-state index in [1.165, 1.54) is 21.9 Å². The number of nitrogens with zero attached hydrogens (tertiary/aromatic N) is 3. The minimum Gasteiger partial charge on any atom is -0.311 e. The lowest BCUT2D eigenvalue weighted by molar-refractivity contribution is 0.733. The zero-order valence-corrected chi connectivity index (χ0v) is 33.6. The van der Waals surface area contributed by atoms with Gasteiger partial charge in [0.1, 0.15) is 0 Å². The number of benzene rings is 9. The summed E-state index contributed by atoms with van der Waals surface area (Å²) in [7, 11) is 0. The number of fused-ring (bicyclic) bond motifs is 1. The predicted molar refractivity (Wildman–Crippen MR) is 252 cm³/mol. The molecule has 3 heteroatoms. The number of rotatable bonds is 12. The van der Waals surface area contributed by atoms with Crippen LogP contribution in [0.25, 0.3) is 21.9 Å². The second-order valence-electron chi connectivity index (χ2n) is 15.0. The Bertz CT molecular complexity index is 2720. The van der Waals surface area contributed by atoms with Crippen molar-refractivity contribution in [2.24, 2.45) is 0 Å². The Labute approximate surface area is 348 Å². The van der Waals surface area contributed by atoms with Crippen molar-refractivity contribution in [1.29, 1.82) is 0 Å².